The fraction of sp³-hybridized carbons (Fsp3) is 0.480. The highest BCUT2D eigenvalue weighted by molar-refractivity contribution is 6.02. The Morgan fingerprint density at radius 3 is 2.62 bits per heavy atom. The van der Waals surface area contributed by atoms with Crippen LogP contribution in [0.3, 0.4) is 0 Å². The maximum absolute atomic E-state index is 13.0. The summed E-state index contributed by atoms with van der Waals surface area (Å²) in [6.45, 7) is 6.24. The van der Waals surface area contributed by atoms with Crippen LogP contribution in [0, 0.1) is 5.41 Å². The number of H-pyrrole nitrogens is 1. The third-order valence-electron chi connectivity index (χ3n) is 6.50. The molecule has 0 radical (unpaired) electrons. The molecule has 1 aromatic carbocycles. The number of para-hydroxylation sites is 1. The monoisotopic (exact) mass is 437 g/mol. The number of benzene rings is 1. The van der Waals surface area contributed by atoms with Gasteiger partial charge in [0.1, 0.15) is 11.3 Å². The van der Waals surface area contributed by atoms with Crippen LogP contribution >= 0.6 is 0 Å². The summed E-state index contributed by atoms with van der Waals surface area (Å²) in [5.74, 6) is 0.273. The summed E-state index contributed by atoms with van der Waals surface area (Å²) in [5, 5.41) is 2.94. The van der Waals surface area contributed by atoms with Gasteiger partial charge in [-0.05, 0) is 49.9 Å². The molecule has 2 N–H and O–H groups in total. The quantitative estimate of drug-likeness (QED) is 0.725. The summed E-state index contributed by atoms with van der Waals surface area (Å²) in [5.41, 5.74) is 1.41. The van der Waals surface area contributed by atoms with Crippen molar-refractivity contribution in [2.45, 2.75) is 45.6 Å². The molecule has 1 fully saturated rings. The van der Waals surface area contributed by atoms with Crippen LogP contribution in [0.5, 0.6) is 5.75 Å². The van der Waals surface area contributed by atoms with E-state index in [9.17, 15) is 14.4 Å². The smallest absolute Gasteiger partial charge is 0.261 e. The maximum Gasteiger partial charge on any atom is 0.261 e. The first-order chi connectivity index (χ1) is 15.3. The topological polar surface area (TPSA) is 91.5 Å². The minimum absolute atomic E-state index is 0.0167. The molecule has 1 aliphatic carbocycles. The third-order valence-corrected chi connectivity index (χ3v) is 6.50. The van der Waals surface area contributed by atoms with E-state index < -0.39 is 11.5 Å². The van der Waals surface area contributed by atoms with E-state index in [1.165, 1.54) is 6.07 Å². The van der Waals surface area contributed by atoms with E-state index in [1.54, 1.807) is 7.11 Å². The largest absolute Gasteiger partial charge is 0.496 e. The number of methoxy groups -OCH3 is 1. The summed E-state index contributed by atoms with van der Waals surface area (Å²) >= 11 is 0. The lowest BCUT2D eigenvalue weighted by Gasteiger charge is -2.30. The molecule has 1 saturated heterocycles. The standard InChI is InChI=1S/C25H31N3O4/c1-25(2)13-19-17(21(29)14-25)12-18(24(31)27-19)23(30)26-15-20(28-10-6-7-11-28)16-8-4-5-9-22(16)32-3/h4-5,8-9,12,20H,6-7,10-11,13-15H2,1-3H3,(H,26,30)(H,27,31). The number of hydrogen-bond acceptors (Lipinski definition) is 5. The lowest BCUT2D eigenvalue weighted by Crippen LogP contribution is -2.39. The van der Waals surface area contributed by atoms with Crippen molar-refractivity contribution in [1.82, 2.24) is 15.2 Å². The highest BCUT2D eigenvalue weighted by Gasteiger charge is 2.33. The highest BCUT2D eigenvalue weighted by atomic mass is 16.5. The molecule has 4 rings (SSSR count). The number of aromatic amines is 1. The van der Waals surface area contributed by atoms with Gasteiger partial charge in [-0.3, -0.25) is 19.3 Å². The van der Waals surface area contributed by atoms with Gasteiger partial charge in [-0.15, -0.1) is 0 Å². The Balaban J connectivity index is 1.57. The molecule has 2 heterocycles. The normalized spacial score (nSPS) is 18.8. The molecule has 0 saturated carbocycles. The second kappa shape index (κ2) is 8.90. The number of amides is 1. The number of aromatic nitrogens is 1. The van der Waals surface area contributed by atoms with Crippen molar-refractivity contribution in [2.24, 2.45) is 5.41 Å². The average Bonchev–Trinajstić information content (AvgIpc) is 3.27. The molecule has 0 bridgehead atoms. The van der Waals surface area contributed by atoms with Crippen LogP contribution in [-0.4, -0.2) is 48.3 Å². The Bertz CT molecular complexity index is 1080. The number of nitrogens with one attached hydrogen (secondary N) is 2. The molecule has 1 aliphatic heterocycles. The van der Waals surface area contributed by atoms with Crippen LogP contribution < -0.4 is 15.6 Å². The van der Waals surface area contributed by atoms with E-state index in [0.717, 1.165) is 37.2 Å². The molecule has 1 amide bonds. The van der Waals surface area contributed by atoms with Gasteiger partial charge < -0.3 is 15.0 Å². The van der Waals surface area contributed by atoms with Gasteiger partial charge in [0.25, 0.3) is 11.5 Å². The number of carbonyl (C=O) groups excluding carboxylic acids is 2. The lowest BCUT2D eigenvalue weighted by molar-refractivity contribution is 0.0910. The van der Waals surface area contributed by atoms with Gasteiger partial charge in [-0.25, -0.2) is 0 Å². The van der Waals surface area contributed by atoms with Crippen molar-refractivity contribution in [2.75, 3.05) is 26.7 Å². The van der Waals surface area contributed by atoms with E-state index in [-0.39, 0.29) is 22.8 Å². The molecule has 1 unspecified atom stereocenters. The first-order valence-corrected chi connectivity index (χ1v) is 11.2. The van der Waals surface area contributed by atoms with E-state index in [0.29, 0.717) is 30.6 Å². The number of nitrogens with zero attached hydrogens (tertiary/aromatic N) is 1. The van der Waals surface area contributed by atoms with E-state index in [4.69, 9.17) is 4.74 Å². The maximum atomic E-state index is 13.0. The van der Waals surface area contributed by atoms with Crippen molar-refractivity contribution in [3.63, 3.8) is 0 Å². The van der Waals surface area contributed by atoms with Gasteiger partial charge in [-0.1, -0.05) is 32.0 Å². The molecule has 32 heavy (non-hydrogen) atoms. The molecule has 7 heteroatoms. The number of ketones is 1. The molecule has 170 valence electrons. The molecule has 1 atom stereocenters. The van der Waals surface area contributed by atoms with Crippen molar-refractivity contribution >= 4 is 11.7 Å². The number of ether oxygens (including phenoxy) is 1. The van der Waals surface area contributed by atoms with Crippen LogP contribution in [0.1, 0.15) is 71.1 Å². The first-order valence-electron chi connectivity index (χ1n) is 11.2. The number of fused-ring (bicyclic) bond motifs is 1. The Labute approximate surface area is 188 Å². The molecule has 2 aliphatic rings. The third kappa shape index (κ3) is 4.48. The molecular formula is C25H31N3O4. The number of rotatable bonds is 6. The van der Waals surface area contributed by atoms with E-state index in [1.807, 2.05) is 38.1 Å². The lowest BCUT2D eigenvalue weighted by atomic mass is 9.75. The van der Waals surface area contributed by atoms with Crippen LogP contribution in [0.25, 0.3) is 0 Å². The molecule has 7 nitrogen and oxygen atoms in total. The van der Waals surface area contributed by atoms with Crippen molar-refractivity contribution in [1.29, 1.82) is 0 Å². The Hall–Kier alpha value is -2.93. The van der Waals surface area contributed by atoms with Crippen LogP contribution in [0.2, 0.25) is 0 Å². The van der Waals surface area contributed by atoms with Gasteiger partial charge in [0.2, 0.25) is 0 Å². The summed E-state index contributed by atoms with van der Waals surface area (Å²) in [4.78, 5) is 43.4. The molecule has 0 spiro atoms. The second-order valence-corrected chi connectivity index (χ2v) is 9.56. The van der Waals surface area contributed by atoms with E-state index >= 15 is 0 Å². The predicted octanol–water partition coefficient (Wildman–Crippen LogP) is 3.11. The fourth-order valence-corrected chi connectivity index (χ4v) is 4.91. The second-order valence-electron chi connectivity index (χ2n) is 9.56. The van der Waals surface area contributed by atoms with Gasteiger partial charge in [0, 0.05) is 29.8 Å². The minimum atomic E-state index is -0.467. The predicted molar refractivity (Wildman–Crippen MR) is 122 cm³/mol. The molecule has 1 aromatic heterocycles. The Morgan fingerprint density at radius 2 is 1.91 bits per heavy atom. The minimum Gasteiger partial charge on any atom is -0.496 e. The van der Waals surface area contributed by atoms with Crippen LogP contribution in [-0.2, 0) is 6.42 Å². The van der Waals surface area contributed by atoms with Gasteiger partial charge in [-0.2, -0.15) is 0 Å². The number of Topliss-reactive ketones (excluding diaryl/α,β-unsaturated/α-hetero) is 1. The zero-order valence-electron chi connectivity index (χ0n) is 19.0. The van der Waals surface area contributed by atoms with Crippen LogP contribution in [0.15, 0.2) is 35.1 Å². The van der Waals surface area contributed by atoms with Gasteiger partial charge in [0.15, 0.2) is 5.78 Å². The van der Waals surface area contributed by atoms with Crippen molar-refractivity contribution in [3.05, 3.63) is 63.1 Å². The highest BCUT2D eigenvalue weighted by Crippen LogP contribution is 2.34. The van der Waals surface area contributed by atoms with Crippen molar-refractivity contribution in [3.8, 4) is 5.75 Å². The Kier molecular flexibility index (Phi) is 6.20. The zero-order chi connectivity index (χ0) is 22.9. The summed E-state index contributed by atoms with van der Waals surface area (Å²) in [6.07, 6.45) is 3.24. The van der Waals surface area contributed by atoms with Gasteiger partial charge >= 0.3 is 0 Å². The van der Waals surface area contributed by atoms with Crippen LogP contribution in [0.4, 0.5) is 0 Å². The number of hydrogen-bond donors (Lipinski definition) is 2. The Morgan fingerprint density at radius 1 is 1.19 bits per heavy atom. The molecule has 2 aromatic rings. The summed E-state index contributed by atoms with van der Waals surface area (Å²) < 4.78 is 5.56. The zero-order valence-corrected chi connectivity index (χ0v) is 19.0. The molecular weight excluding hydrogens is 406 g/mol. The number of pyridine rings is 1. The fourth-order valence-electron chi connectivity index (χ4n) is 4.91. The average molecular weight is 438 g/mol. The number of likely N-dealkylation sites (tertiary alicyclic amines) is 1. The van der Waals surface area contributed by atoms with Crippen molar-refractivity contribution < 1.29 is 14.3 Å². The van der Waals surface area contributed by atoms with Gasteiger partial charge in [0.05, 0.1) is 13.2 Å². The summed E-state index contributed by atoms with van der Waals surface area (Å²) in [7, 11) is 1.64. The summed E-state index contributed by atoms with van der Waals surface area (Å²) in [6, 6.07) is 9.23. The van der Waals surface area contributed by atoms with E-state index in [2.05, 4.69) is 15.2 Å². The SMILES string of the molecule is COc1ccccc1C(CNC(=O)c1cc2c([nH]c1=O)CC(C)(C)CC2=O)N1CCCC1. The number of carbonyl (C=O) groups is 2. The first kappa shape index (κ1) is 22.3.